The molecule has 1 aromatic heterocycles. The van der Waals surface area contributed by atoms with Crippen LogP contribution in [0.3, 0.4) is 0 Å². The second-order valence-corrected chi connectivity index (χ2v) is 6.55. The van der Waals surface area contributed by atoms with E-state index in [0.717, 1.165) is 12.1 Å². The summed E-state index contributed by atoms with van der Waals surface area (Å²) >= 11 is 0. The molecule has 0 aliphatic rings. The van der Waals surface area contributed by atoms with Crippen molar-refractivity contribution < 1.29 is 27.8 Å². The number of halogens is 2. The van der Waals surface area contributed by atoms with Gasteiger partial charge in [-0.1, -0.05) is 6.07 Å². The van der Waals surface area contributed by atoms with Crippen molar-refractivity contribution in [3.8, 4) is 17.2 Å². The van der Waals surface area contributed by atoms with Crippen molar-refractivity contribution in [2.45, 2.75) is 13.0 Å². The summed E-state index contributed by atoms with van der Waals surface area (Å²) in [5.74, 6) is -0.799. The van der Waals surface area contributed by atoms with Crippen LogP contribution in [0, 0.1) is 11.6 Å². The van der Waals surface area contributed by atoms with Gasteiger partial charge in [0.1, 0.15) is 11.4 Å². The summed E-state index contributed by atoms with van der Waals surface area (Å²) in [6.07, 6.45) is 0. The van der Waals surface area contributed by atoms with Gasteiger partial charge in [-0.2, -0.15) is 0 Å². The molecule has 1 unspecified atom stereocenters. The van der Waals surface area contributed by atoms with Crippen molar-refractivity contribution in [2.24, 2.45) is 0 Å². The monoisotopic (exact) mass is 404 g/mol. The number of amides is 1. The third-order valence-electron chi connectivity index (χ3n) is 5.00. The highest BCUT2D eigenvalue weighted by Gasteiger charge is 2.24. The molecule has 3 aromatic rings. The zero-order valence-electron chi connectivity index (χ0n) is 16.8. The predicted molar refractivity (Wildman–Crippen MR) is 105 cm³/mol. The SMILES string of the molecule is COc1cc(OC)c2cc(C(=O)N(C)C(C)c3ccc(F)c(F)c3)[nH]c2c1OC. The van der Waals surface area contributed by atoms with E-state index in [0.29, 0.717) is 39.4 Å². The lowest BCUT2D eigenvalue weighted by Gasteiger charge is -2.25. The molecule has 29 heavy (non-hydrogen) atoms. The van der Waals surface area contributed by atoms with Gasteiger partial charge in [0, 0.05) is 18.5 Å². The Morgan fingerprint density at radius 1 is 1.00 bits per heavy atom. The Morgan fingerprint density at radius 2 is 1.69 bits per heavy atom. The number of nitrogens with zero attached hydrogens (tertiary/aromatic N) is 1. The van der Waals surface area contributed by atoms with E-state index < -0.39 is 17.7 Å². The van der Waals surface area contributed by atoms with Crippen LogP contribution in [0.1, 0.15) is 29.0 Å². The number of hydrogen-bond acceptors (Lipinski definition) is 4. The first kappa shape index (κ1) is 20.4. The smallest absolute Gasteiger partial charge is 0.270 e. The first-order valence-corrected chi connectivity index (χ1v) is 8.86. The second kappa shape index (κ2) is 7.98. The molecule has 0 fully saturated rings. The Morgan fingerprint density at radius 3 is 2.28 bits per heavy atom. The van der Waals surface area contributed by atoms with E-state index in [2.05, 4.69) is 4.98 Å². The fourth-order valence-electron chi connectivity index (χ4n) is 3.21. The van der Waals surface area contributed by atoms with Crippen LogP contribution in [0.2, 0.25) is 0 Å². The molecule has 6 nitrogen and oxygen atoms in total. The van der Waals surface area contributed by atoms with Crippen molar-refractivity contribution >= 4 is 16.8 Å². The number of hydrogen-bond donors (Lipinski definition) is 1. The van der Waals surface area contributed by atoms with Crippen molar-refractivity contribution in [1.82, 2.24) is 9.88 Å². The minimum atomic E-state index is -0.956. The van der Waals surface area contributed by atoms with Crippen LogP contribution in [0.5, 0.6) is 17.2 Å². The molecule has 154 valence electrons. The molecule has 1 amide bonds. The van der Waals surface area contributed by atoms with Gasteiger partial charge in [-0.3, -0.25) is 4.79 Å². The third-order valence-corrected chi connectivity index (χ3v) is 5.00. The summed E-state index contributed by atoms with van der Waals surface area (Å²) in [6, 6.07) is 6.44. The fourth-order valence-corrected chi connectivity index (χ4v) is 3.21. The van der Waals surface area contributed by atoms with Crippen LogP contribution in [0.15, 0.2) is 30.3 Å². The predicted octanol–water partition coefficient (Wildman–Crippen LogP) is 4.31. The van der Waals surface area contributed by atoms with Crippen LogP contribution < -0.4 is 14.2 Å². The third kappa shape index (κ3) is 3.57. The van der Waals surface area contributed by atoms with E-state index in [9.17, 15) is 13.6 Å². The zero-order valence-corrected chi connectivity index (χ0v) is 16.8. The molecular formula is C21H22F2N2O4. The summed E-state index contributed by atoms with van der Waals surface area (Å²) < 4.78 is 43.0. The van der Waals surface area contributed by atoms with Crippen LogP contribution >= 0.6 is 0 Å². The van der Waals surface area contributed by atoms with Gasteiger partial charge < -0.3 is 24.1 Å². The van der Waals surface area contributed by atoms with E-state index in [4.69, 9.17) is 14.2 Å². The number of benzene rings is 2. The minimum Gasteiger partial charge on any atom is -0.496 e. The van der Waals surface area contributed by atoms with Crippen LogP contribution in [0.4, 0.5) is 8.78 Å². The van der Waals surface area contributed by atoms with Crippen molar-refractivity contribution in [3.63, 3.8) is 0 Å². The lowest BCUT2D eigenvalue weighted by molar-refractivity contribution is 0.0737. The van der Waals surface area contributed by atoms with E-state index in [1.54, 1.807) is 26.1 Å². The first-order valence-electron chi connectivity index (χ1n) is 8.86. The van der Waals surface area contributed by atoms with Gasteiger partial charge in [-0.25, -0.2) is 8.78 Å². The molecule has 1 heterocycles. The number of ether oxygens (including phenoxy) is 3. The highest BCUT2D eigenvalue weighted by Crippen LogP contribution is 2.41. The fraction of sp³-hybridized carbons (Fsp3) is 0.286. The molecule has 0 saturated heterocycles. The average Bonchev–Trinajstić information content (AvgIpc) is 3.17. The average molecular weight is 404 g/mol. The maximum atomic E-state index is 13.6. The Kier molecular flexibility index (Phi) is 5.63. The van der Waals surface area contributed by atoms with Crippen molar-refractivity contribution in [2.75, 3.05) is 28.4 Å². The van der Waals surface area contributed by atoms with Gasteiger partial charge in [0.2, 0.25) is 0 Å². The second-order valence-electron chi connectivity index (χ2n) is 6.55. The van der Waals surface area contributed by atoms with Crippen LogP contribution in [-0.2, 0) is 0 Å². The molecule has 0 aliphatic carbocycles. The highest BCUT2D eigenvalue weighted by molar-refractivity contribution is 6.02. The molecule has 0 bridgehead atoms. The Balaban J connectivity index is 2.00. The van der Waals surface area contributed by atoms with Crippen LogP contribution in [-0.4, -0.2) is 44.2 Å². The van der Waals surface area contributed by atoms with E-state index in [1.807, 2.05) is 0 Å². The Bertz CT molecular complexity index is 1060. The minimum absolute atomic E-state index is 0.293. The standard InChI is InChI=1S/C21H22F2N2O4/c1-11(12-6-7-14(22)15(23)8-12)25(2)21(26)16-9-13-17(27-3)10-18(28-4)20(29-5)19(13)24-16/h6-11,24H,1-5H3. The lowest BCUT2D eigenvalue weighted by atomic mass is 10.1. The summed E-state index contributed by atoms with van der Waals surface area (Å²) in [7, 11) is 6.13. The number of nitrogens with one attached hydrogen (secondary N) is 1. The van der Waals surface area contributed by atoms with E-state index >= 15 is 0 Å². The van der Waals surface area contributed by atoms with E-state index in [1.165, 1.54) is 32.3 Å². The molecule has 0 radical (unpaired) electrons. The van der Waals surface area contributed by atoms with Gasteiger partial charge in [0.15, 0.2) is 23.1 Å². The lowest BCUT2D eigenvalue weighted by Crippen LogP contribution is -2.30. The molecule has 0 saturated carbocycles. The maximum Gasteiger partial charge on any atom is 0.270 e. The Labute approximate surface area is 167 Å². The number of carbonyl (C=O) groups excluding carboxylic acids is 1. The summed E-state index contributed by atoms with van der Waals surface area (Å²) in [4.78, 5) is 17.5. The summed E-state index contributed by atoms with van der Waals surface area (Å²) in [6.45, 7) is 1.73. The molecule has 0 aliphatic heterocycles. The number of fused-ring (bicyclic) bond motifs is 1. The molecule has 3 rings (SSSR count). The van der Waals surface area contributed by atoms with Crippen molar-refractivity contribution in [1.29, 1.82) is 0 Å². The normalized spacial score (nSPS) is 12.0. The molecule has 8 heteroatoms. The number of methoxy groups -OCH3 is 3. The molecule has 1 N–H and O–H groups in total. The quantitative estimate of drug-likeness (QED) is 0.665. The molecule has 2 aromatic carbocycles. The van der Waals surface area contributed by atoms with E-state index in [-0.39, 0.29) is 5.91 Å². The van der Waals surface area contributed by atoms with Crippen molar-refractivity contribution in [3.05, 3.63) is 53.2 Å². The number of H-pyrrole nitrogens is 1. The Hall–Kier alpha value is -3.29. The van der Waals surface area contributed by atoms with Gasteiger partial charge in [0.05, 0.1) is 32.9 Å². The number of aromatic nitrogens is 1. The highest BCUT2D eigenvalue weighted by atomic mass is 19.2. The topological polar surface area (TPSA) is 63.8 Å². The molecule has 1 atom stereocenters. The number of aromatic amines is 1. The summed E-state index contributed by atoms with van der Waals surface area (Å²) in [5.41, 5.74) is 1.33. The van der Waals surface area contributed by atoms with Gasteiger partial charge in [-0.05, 0) is 30.7 Å². The van der Waals surface area contributed by atoms with Gasteiger partial charge in [-0.15, -0.1) is 0 Å². The number of rotatable bonds is 6. The van der Waals surface area contributed by atoms with Crippen LogP contribution in [0.25, 0.3) is 10.9 Å². The van der Waals surface area contributed by atoms with Gasteiger partial charge >= 0.3 is 0 Å². The largest absolute Gasteiger partial charge is 0.496 e. The summed E-state index contributed by atoms with van der Waals surface area (Å²) in [5, 5.41) is 0.655. The maximum absolute atomic E-state index is 13.6. The van der Waals surface area contributed by atoms with Gasteiger partial charge in [0.25, 0.3) is 5.91 Å². The first-order chi connectivity index (χ1) is 13.8. The molecule has 0 spiro atoms. The number of carbonyl (C=O) groups is 1. The molecular weight excluding hydrogens is 382 g/mol. The zero-order chi connectivity index (χ0) is 21.3.